The monoisotopic (exact) mass is 526 g/mol. The largest absolute Gasteiger partial charge is 0.493 e. The molecule has 1 atom stereocenters. The third kappa shape index (κ3) is 6.49. The Hall–Kier alpha value is -3.25. The molecule has 0 radical (unpaired) electrons. The standard InChI is InChI=1S/C24H29F3N4O4S/c1-14-8-20(30-15(2)16-9-17(24(25,26)27)11-18(28)10-16)19-12-23(22(34-4)13-21(19)29-14)35-7-6-31(3)36(5,32)33/h8-13,15H,6-7,28H2,1-5H3,(H,29,30). The molecular weight excluding hydrogens is 497 g/mol. The van der Waals surface area contributed by atoms with Crippen LogP contribution >= 0.6 is 0 Å². The number of ether oxygens (including phenoxy) is 2. The quantitative estimate of drug-likeness (QED) is 0.393. The summed E-state index contributed by atoms with van der Waals surface area (Å²) < 4.78 is 75.5. The number of hydrogen-bond donors (Lipinski definition) is 2. The maximum Gasteiger partial charge on any atom is 0.416 e. The summed E-state index contributed by atoms with van der Waals surface area (Å²) in [6, 6.07) is 8.13. The van der Waals surface area contributed by atoms with Crippen molar-refractivity contribution in [1.82, 2.24) is 9.29 Å². The van der Waals surface area contributed by atoms with E-state index in [1.807, 2.05) is 0 Å². The number of nitrogens with zero attached hydrogens (tertiary/aromatic N) is 2. The highest BCUT2D eigenvalue weighted by atomic mass is 32.2. The number of likely N-dealkylation sites (N-methyl/N-ethyl adjacent to an activating group) is 1. The van der Waals surface area contributed by atoms with Gasteiger partial charge < -0.3 is 20.5 Å². The predicted octanol–water partition coefficient (Wildman–Crippen LogP) is 4.60. The van der Waals surface area contributed by atoms with Crippen molar-refractivity contribution in [2.24, 2.45) is 0 Å². The van der Waals surface area contributed by atoms with Crippen molar-refractivity contribution in [3.63, 3.8) is 0 Å². The van der Waals surface area contributed by atoms with Crippen molar-refractivity contribution in [2.75, 3.05) is 44.6 Å². The van der Waals surface area contributed by atoms with Gasteiger partial charge in [-0.05, 0) is 49.7 Å². The van der Waals surface area contributed by atoms with Gasteiger partial charge in [0.2, 0.25) is 10.0 Å². The third-order valence-corrected chi connectivity index (χ3v) is 6.94. The number of halogens is 3. The van der Waals surface area contributed by atoms with Crippen LogP contribution in [0.2, 0.25) is 0 Å². The van der Waals surface area contributed by atoms with Gasteiger partial charge in [-0.1, -0.05) is 0 Å². The zero-order valence-electron chi connectivity index (χ0n) is 20.6. The van der Waals surface area contributed by atoms with Gasteiger partial charge in [-0.2, -0.15) is 13.2 Å². The number of anilines is 2. The van der Waals surface area contributed by atoms with E-state index in [0.29, 0.717) is 39.3 Å². The van der Waals surface area contributed by atoms with Crippen LogP contribution in [0, 0.1) is 6.92 Å². The summed E-state index contributed by atoms with van der Waals surface area (Å²) >= 11 is 0. The van der Waals surface area contributed by atoms with E-state index >= 15 is 0 Å². The summed E-state index contributed by atoms with van der Waals surface area (Å²) in [5, 5.41) is 3.91. The maximum absolute atomic E-state index is 13.3. The first-order valence-electron chi connectivity index (χ1n) is 11.0. The number of rotatable bonds is 9. The fourth-order valence-corrected chi connectivity index (χ4v) is 4.02. The van der Waals surface area contributed by atoms with Crippen LogP contribution < -0.4 is 20.5 Å². The Kier molecular flexibility index (Phi) is 7.89. The number of fused-ring (bicyclic) bond motifs is 1. The molecule has 0 fully saturated rings. The smallest absolute Gasteiger partial charge is 0.416 e. The van der Waals surface area contributed by atoms with Gasteiger partial charge in [0.05, 0.1) is 24.4 Å². The van der Waals surface area contributed by atoms with E-state index in [9.17, 15) is 21.6 Å². The second kappa shape index (κ2) is 10.4. The van der Waals surface area contributed by atoms with Gasteiger partial charge in [0.25, 0.3) is 0 Å². The molecule has 3 aromatic rings. The fraction of sp³-hybridized carbons (Fsp3) is 0.375. The molecule has 0 saturated heterocycles. The number of aryl methyl sites for hydroxylation is 1. The first kappa shape index (κ1) is 27.3. The van der Waals surface area contributed by atoms with Crippen molar-refractivity contribution in [1.29, 1.82) is 0 Å². The van der Waals surface area contributed by atoms with Crippen LogP contribution in [0.1, 0.15) is 29.8 Å². The van der Waals surface area contributed by atoms with Gasteiger partial charge in [0.15, 0.2) is 11.5 Å². The highest BCUT2D eigenvalue weighted by molar-refractivity contribution is 7.88. The second-order valence-electron chi connectivity index (χ2n) is 8.52. The summed E-state index contributed by atoms with van der Waals surface area (Å²) in [4.78, 5) is 4.54. The molecule has 196 valence electrons. The fourth-order valence-electron chi connectivity index (χ4n) is 3.61. The number of alkyl halides is 3. The molecule has 12 heteroatoms. The Balaban J connectivity index is 1.96. The highest BCUT2D eigenvalue weighted by Crippen LogP contribution is 2.37. The Bertz CT molecular complexity index is 1360. The van der Waals surface area contributed by atoms with Crippen molar-refractivity contribution >= 4 is 32.3 Å². The van der Waals surface area contributed by atoms with E-state index in [-0.39, 0.29) is 18.8 Å². The van der Waals surface area contributed by atoms with E-state index in [4.69, 9.17) is 15.2 Å². The molecule has 1 heterocycles. The molecule has 36 heavy (non-hydrogen) atoms. The molecule has 0 saturated carbocycles. The Morgan fingerprint density at radius 3 is 2.44 bits per heavy atom. The van der Waals surface area contributed by atoms with E-state index in [2.05, 4.69) is 10.3 Å². The van der Waals surface area contributed by atoms with Gasteiger partial charge >= 0.3 is 6.18 Å². The predicted molar refractivity (Wildman–Crippen MR) is 134 cm³/mol. The van der Waals surface area contributed by atoms with Gasteiger partial charge in [-0.15, -0.1) is 0 Å². The molecular formula is C24H29F3N4O4S. The first-order valence-corrected chi connectivity index (χ1v) is 12.8. The lowest BCUT2D eigenvalue weighted by Gasteiger charge is -2.21. The van der Waals surface area contributed by atoms with Crippen LogP contribution in [0.25, 0.3) is 10.9 Å². The normalized spacial score (nSPS) is 13.1. The minimum absolute atomic E-state index is 0.0173. The van der Waals surface area contributed by atoms with Crippen molar-refractivity contribution in [3.05, 3.63) is 53.2 Å². The van der Waals surface area contributed by atoms with E-state index < -0.39 is 27.8 Å². The SMILES string of the molecule is COc1cc2nc(C)cc(NC(C)c3cc(N)cc(C(F)(F)F)c3)c2cc1OCCN(C)S(C)(=O)=O. The van der Waals surface area contributed by atoms with E-state index in [1.54, 1.807) is 32.0 Å². The molecule has 0 amide bonds. The molecule has 8 nitrogen and oxygen atoms in total. The second-order valence-corrected chi connectivity index (χ2v) is 10.6. The van der Waals surface area contributed by atoms with Crippen molar-refractivity contribution in [3.8, 4) is 11.5 Å². The molecule has 0 aliphatic carbocycles. The third-order valence-electron chi connectivity index (χ3n) is 5.63. The number of pyridine rings is 1. The summed E-state index contributed by atoms with van der Waals surface area (Å²) in [5.74, 6) is 0.781. The molecule has 0 aliphatic heterocycles. The Morgan fingerprint density at radius 2 is 1.83 bits per heavy atom. The Morgan fingerprint density at radius 1 is 1.14 bits per heavy atom. The zero-order valence-corrected chi connectivity index (χ0v) is 21.4. The summed E-state index contributed by atoms with van der Waals surface area (Å²) in [7, 11) is -0.422. The molecule has 0 spiro atoms. The summed E-state index contributed by atoms with van der Waals surface area (Å²) in [5.41, 5.74) is 7.21. The van der Waals surface area contributed by atoms with Crippen LogP contribution in [-0.4, -0.2) is 51.3 Å². The minimum Gasteiger partial charge on any atom is -0.493 e. The highest BCUT2D eigenvalue weighted by Gasteiger charge is 2.31. The number of hydrogen-bond acceptors (Lipinski definition) is 7. The first-order chi connectivity index (χ1) is 16.7. The molecule has 0 bridgehead atoms. The van der Waals surface area contributed by atoms with Crippen LogP contribution in [-0.2, 0) is 16.2 Å². The van der Waals surface area contributed by atoms with Gasteiger partial charge in [0, 0.05) is 48.2 Å². The molecule has 3 N–H and O–H groups in total. The van der Waals surface area contributed by atoms with Crippen LogP contribution in [0.15, 0.2) is 36.4 Å². The lowest BCUT2D eigenvalue weighted by Crippen LogP contribution is -2.29. The number of benzene rings is 2. The average Bonchev–Trinajstić information content (AvgIpc) is 2.77. The maximum atomic E-state index is 13.3. The van der Waals surface area contributed by atoms with Crippen molar-refractivity contribution < 1.29 is 31.1 Å². The lowest BCUT2D eigenvalue weighted by molar-refractivity contribution is -0.137. The molecule has 3 rings (SSSR count). The number of nitrogen functional groups attached to an aromatic ring is 1. The number of aromatic nitrogens is 1. The van der Waals surface area contributed by atoms with Crippen LogP contribution in [0.4, 0.5) is 24.5 Å². The lowest BCUT2D eigenvalue weighted by atomic mass is 10.0. The number of nitrogens with two attached hydrogens (primary N) is 1. The van der Waals surface area contributed by atoms with E-state index in [0.717, 1.165) is 18.4 Å². The van der Waals surface area contributed by atoms with E-state index in [1.165, 1.54) is 24.5 Å². The van der Waals surface area contributed by atoms with Crippen molar-refractivity contribution in [2.45, 2.75) is 26.1 Å². The zero-order chi connectivity index (χ0) is 26.8. The average molecular weight is 527 g/mol. The number of sulfonamides is 1. The van der Waals surface area contributed by atoms with Gasteiger partial charge in [0.1, 0.15) is 6.61 Å². The molecule has 1 unspecified atom stereocenters. The molecule has 2 aromatic carbocycles. The summed E-state index contributed by atoms with van der Waals surface area (Å²) in [6.07, 6.45) is -3.41. The Labute approximate surface area is 208 Å². The van der Waals surface area contributed by atoms with Crippen LogP contribution in [0.3, 0.4) is 0 Å². The topological polar surface area (TPSA) is 107 Å². The van der Waals surface area contributed by atoms with Crippen LogP contribution in [0.5, 0.6) is 11.5 Å². The minimum atomic E-state index is -4.52. The van der Waals surface area contributed by atoms with Gasteiger partial charge in [-0.3, -0.25) is 4.98 Å². The molecule has 1 aromatic heterocycles. The number of nitrogens with one attached hydrogen (secondary N) is 1. The number of methoxy groups -OCH3 is 1. The van der Waals surface area contributed by atoms with Gasteiger partial charge in [-0.25, -0.2) is 12.7 Å². The summed E-state index contributed by atoms with van der Waals surface area (Å²) in [6.45, 7) is 3.74. The molecule has 0 aliphatic rings.